The Balaban J connectivity index is 1.60. The summed E-state index contributed by atoms with van der Waals surface area (Å²) in [6.45, 7) is 3.55. The van der Waals surface area contributed by atoms with E-state index in [1.807, 2.05) is 12.1 Å². The highest BCUT2D eigenvalue weighted by atomic mass is 19.1. The summed E-state index contributed by atoms with van der Waals surface area (Å²) >= 11 is 0. The second kappa shape index (κ2) is 10.9. The molecule has 0 saturated heterocycles. The van der Waals surface area contributed by atoms with Gasteiger partial charge in [0.1, 0.15) is 17.4 Å². The minimum Gasteiger partial charge on any atom is -0.423 e. The summed E-state index contributed by atoms with van der Waals surface area (Å²) < 4.78 is 32.4. The Hall–Kier alpha value is -3.01. The highest BCUT2D eigenvalue weighted by Crippen LogP contribution is 2.23. The average Bonchev–Trinajstić information content (AvgIpc) is 2.78. The van der Waals surface area contributed by atoms with Crippen LogP contribution in [0.2, 0.25) is 0 Å². The third kappa shape index (κ3) is 6.24. The van der Waals surface area contributed by atoms with Gasteiger partial charge in [0, 0.05) is 17.7 Å². The fourth-order valence-electron chi connectivity index (χ4n) is 3.44. The van der Waals surface area contributed by atoms with Crippen molar-refractivity contribution >= 4 is 5.97 Å². The maximum Gasteiger partial charge on any atom is 0.343 e. The first-order valence-corrected chi connectivity index (χ1v) is 10.8. The summed E-state index contributed by atoms with van der Waals surface area (Å²) in [7, 11) is 0. The Morgan fingerprint density at radius 3 is 1.94 bits per heavy atom. The Kier molecular flexibility index (Phi) is 7.94. The maximum absolute atomic E-state index is 13.6. The first-order chi connectivity index (χ1) is 15.0. The molecule has 0 aromatic heterocycles. The van der Waals surface area contributed by atoms with Crippen molar-refractivity contribution in [3.05, 3.63) is 89.0 Å². The van der Waals surface area contributed by atoms with Gasteiger partial charge in [-0.3, -0.25) is 0 Å². The van der Waals surface area contributed by atoms with Crippen molar-refractivity contribution in [2.45, 2.75) is 52.4 Å². The Labute approximate surface area is 182 Å². The number of carbonyl (C=O) groups excluding carboxylic acids is 1. The fourth-order valence-corrected chi connectivity index (χ4v) is 3.44. The number of aryl methyl sites for hydroxylation is 1. The van der Waals surface area contributed by atoms with Gasteiger partial charge in [-0.15, -0.1) is 0 Å². The van der Waals surface area contributed by atoms with E-state index < -0.39 is 17.6 Å². The number of halogens is 2. The first-order valence-electron chi connectivity index (χ1n) is 10.8. The second-order valence-corrected chi connectivity index (χ2v) is 7.84. The van der Waals surface area contributed by atoms with Crippen molar-refractivity contribution in [2.75, 3.05) is 0 Å². The van der Waals surface area contributed by atoms with E-state index >= 15 is 0 Å². The molecule has 4 heteroatoms. The largest absolute Gasteiger partial charge is 0.423 e. The molecule has 0 bridgehead atoms. The quantitative estimate of drug-likeness (QED) is 0.201. The number of benzene rings is 3. The third-order valence-corrected chi connectivity index (χ3v) is 5.44. The molecular weight excluding hydrogens is 394 g/mol. The van der Waals surface area contributed by atoms with Crippen LogP contribution in [-0.2, 0) is 6.42 Å². The average molecular weight is 423 g/mol. The number of rotatable bonds is 9. The third-order valence-electron chi connectivity index (χ3n) is 5.44. The normalized spacial score (nSPS) is 10.8. The minimum atomic E-state index is -0.748. The van der Waals surface area contributed by atoms with Gasteiger partial charge in [0.25, 0.3) is 0 Å². The Morgan fingerprint density at radius 2 is 1.35 bits per heavy atom. The van der Waals surface area contributed by atoms with Crippen LogP contribution < -0.4 is 4.74 Å². The van der Waals surface area contributed by atoms with Crippen LogP contribution in [0.3, 0.4) is 0 Å². The first kappa shape index (κ1) is 22.7. The summed E-state index contributed by atoms with van der Waals surface area (Å²) in [5.74, 6) is -2.31. The molecule has 31 heavy (non-hydrogen) atoms. The van der Waals surface area contributed by atoms with E-state index in [1.165, 1.54) is 44.6 Å². The molecule has 0 fully saturated rings. The molecule has 0 aliphatic heterocycles. The number of hydrogen-bond donors (Lipinski definition) is 0. The number of esters is 1. The van der Waals surface area contributed by atoms with E-state index in [-0.39, 0.29) is 11.3 Å². The minimum absolute atomic E-state index is 0.105. The number of carbonyl (C=O) groups is 1. The van der Waals surface area contributed by atoms with Gasteiger partial charge in [0.2, 0.25) is 0 Å². The Bertz CT molecular complexity index is 985. The highest BCUT2D eigenvalue weighted by molar-refractivity contribution is 5.91. The maximum atomic E-state index is 13.6. The molecule has 0 aliphatic carbocycles. The number of ether oxygens (including phenoxy) is 1. The van der Waals surface area contributed by atoms with Gasteiger partial charge in [-0.2, -0.15) is 0 Å². The molecule has 0 saturated carbocycles. The predicted molar refractivity (Wildman–Crippen MR) is 120 cm³/mol. The van der Waals surface area contributed by atoms with Crippen LogP contribution in [0.4, 0.5) is 8.78 Å². The van der Waals surface area contributed by atoms with Gasteiger partial charge in [-0.25, -0.2) is 13.6 Å². The monoisotopic (exact) mass is 422 g/mol. The van der Waals surface area contributed by atoms with Crippen molar-refractivity contribution < 1.29 is 18.3 Å². The molecule has 3 rings (SSSR count). The molecule has 0 unspecified atom stereocenters. The summed E-state index contributed by atoms with van der Waals surface area (Å²) in [5, 5.41) is 0. The molecule has 3 aromatic carbocycles. The number of unbranched alkanes of at least 4 members (excludes halogenated alkanes) is 4. The lowest BCUT2D eigenvalue weighted by Gasteiger charge is -2.08. The molecule has 0 aliphatic rings. The van der Waals surface area contributed by atoms with E-state index in [2.05, 4.69) is 31.2 Å². The van der Waals surface area contributed by atoms with Gasteiger partial charge in [0.05, 0.1) is 5.56 Å². The molecule has 2 nitrogen and oxygen atoms in total. The molecule has 162 valence electrons. The van der Waals surface area contributed by atoms with E-state index in [4.69, 9.17) is 4.74 Å². The highest BCUT2D eigenvalue weighted by Gasteiger charge is 2.13. The van der Waals surface area contributed by atoms with Crippen molar-refractivity contribution in [1.29, 1.82) is 0 Å². The molecule has 0 radical (unpaired) electrons. The number of hydrogen-bond acceptors (Lipinski definition) is 2. The van der Waals surface area contributed by atoms with E-state index in [0.29, 0.717) is 5.56 Å². The lowest BCUT2D eigenvalue weighted by molar-refractivity contribution is 0.0734. The molecule has 0 N–H and O–H groups in total. The van der Waals surface area contributed by atoms with Crippen molar-refractivity contribution in [2.24, 2.45) is 0 Å². The van der Waals surface area contributed by atoms with Gasteiger partial charge < -0.3 is 4.74 Å². The topological polar surface area (TPSA) is 26.3 Å². The van der Waals surface area contributed by atoms with E-state index in [9.17, 15) is 13.6 Å². The molecule has 0 heterocycles. The summed E-state index contributed by atoms with van der Waals surface area (Å²) in [5.41, 5.74) is 3.59. The Morgan fingerprint density at radius 1 is 0.806 bits per heavy atom. The molecule has 0 spiro atoms. The van der Waals surface area contributed by atoms with Gasteiger partial charge in [0.15, 0.2) is 0 Å². The molecular formula is C27H28F2O2. The predicted octanol–water partition coefficient (Wildman–Crippen LogP) is 7.67. The molecule has 0 atom stereocenters. The van der Waals surface area contributed by atoms with E-state index in [1.54, 1.807) is 12.1 Å². The van der Waals surface area contributed by atoms with Crippen LogP contribution in [0.5, 0.6) is 5.75 Å². The summed E-state index contributed by atoms with van der Waals surface area (Å²) in [6, 6.07) is 17.5. The lowest BCUT2D eigenvalue weighted by Crippen LogP contribution is -2.09. The summed E-state index contributed by atoms with van der Waals surface area (Å²) in [6.07, 6.45) is 7.45. The van der Waals surface area contributed by atoms with E-state index in [0.717, 1.165) is 29.7 Å². The lowest BCUT2D eigenvalue weighted by atomic mass is 10.00. The van der Waals surface area contributed by atoms with Crippen LogP contribution in [0, 0.1) is 18.6 Å². The van der Waals surface area contributed by atoms with Crippen molar-refractivity contribution in [1.82, 2.24) is 0 Å². The van der Waals surface area contributed by atoms with Crippen molar-refractivity contribution in [3.63, 3.8) is 0 Å². The van der Waals surface area contributed by atoms with Crippen LogP contribution in [-0.4, -0.2) is 5.97 Å². The van der Waals surface area contributed by atoms with Crippen LogP contribution in [0.1, 0.15) is 60.5 Å². The van der Waals surface area contributed by atoms with Gasteiger partial charge in [-0.1, -0.05) is 69.0 Å². The second-order valence-electron chi connectivity index (χ2n) is 7.84. The SMILES string of the molecule is CCCCCCCc1ccc(-c2ccc(C(=O)Oc3cc(F)c(C)c(F)c3)cc2)cc1. The van der Waals surface area contributed by atoms with Gasteiger partial charge >= 0.3 is 5.97 Å². The van der Waals surface area contributed by atoms with Crippen molar-refractivity contribution in [3.8, 4) is 16.9 Å². The standard InChI is InChI=1S/C27H28F2O2/c1-3-4-5-6-7-8-20-9-11-21(12-10-20)22-13-15-23(16-14-22)27(30)31-24-17-25(28)19(2)26(29)18-24/h9-18H,3-8H2,1-2H3. The van der Waals surface area contributed by atoms with Gasteiger partial charge in [-0.05, 0) is 48.6 Å². The zero-order valence-corrected chi connectivity index (χ0v) is 18.1. The van der Waals surface area contributed by atoms with Crippen LogP contribution >= 0.6 is 0 Å². The molecule has 3 aromatic rings. The summed E-state index contributed by atoms with van der Waals surface area (Å²) in [4.78, 5) is 12.3. The fraction of sp³-hybridized carbons (Fsp3) is 0.296. The smallest absolute Gasteiger partial charge is 0.343 e. The zero-order chi connectivity index (χ0) is 22.2. The van der Waals surface area contributed by atoms with Crippen LogP contribution in [0.25, 0.3) is 11.1 Å². The van der Waals surface area contributed by atoms with Crippen LogP contribution in [0.15, 0.2) is 60.7 Å². The zero-order valence-electron chi connectivity index (χ0n) is 18.1. The molecule has 0 amide bonds.